The monoisotopic (exact) mass is 288 g/mol. The van der Waals surface area contributed by atoms with Crippen LogP contribution in [0.4, 0.5) is 4.39 Å². The number of hydrogen-bond acceptors (Lipinski definition) is 3. The molecule has 3 nitrogen and oxygen atoms in total. The van der Waals surface area contributed by atoms with E-state index in [1.54, 1.807) is 36.7 Å². The van der Waals surface area contributed by atoms with Crippen molar-refractivity contribution in [2.75, 3.05) is 0 Å². The number of hydrogen-bond donors (Lipinski definition) is 1. The summed E-state index contributed by atoms with van der Waals surface area (Å²) >= 11 is 5.71. The van der Waals surface area contributed by atoms with E-state index < -0.39 is 11.9 Å². The highest BCUT2D eigenvalue weighted by Gasteiger charge is 2.16. The van der Waals surface area contributed by atoms with Gasteiger partial charge in [-0.05, 0) is 29.8 Å². The number of nitrogens with zero attached hydrogens (tertiary/aromatic N) is 2. The van der Waals surface area contributed by atoms with Crippen molar-refractivity contribution in [2.24, 2.45) is 0 Å². The predicted octanol–water partition coefficient (Wildman–Crippen LogP) is 3.50. The Hall–Kier alpha value is -2.04. The van der Waals surface area contributed by atoms with E-state index in [2.05, 4.69) is 9.97 Å². The summed E-state index contributed by atoms with van der Waals surface area (Å²) in [5, 5.41) is 10.6. The van der Waals surface area contributed by atoms with Gasteiger partial charge in [-0.15, -0.1) is 0 Å². The van der Waals surface area contributed by atoms with Crippen molar-refractivity contribution >= 4 is 22.6 Å². The van der Waals surface area contributed by atoms with Crippen LogP contribution in [0.15, 0.2) is 48.8 Å². The molecule has 0 radical (unpaired) electrons. The molecule has 20 heavy (non-hydrogen) atoms. The van der Waals surface area contributed by atoms with Crippen molar-refractivity contribution in [3.63, 3.8) is 0 Å². The quantitative estimate of drug-likeness (QED) is 0.785. The average Bonchev–Trinajstić information content (AvgIpc) is 2.46. The number of aliphatic hydroxyl groups is 1. The summed E-state index contributed by atoms with van der Waals surface area (Å²) in [5.74, 6) is -0.538. The summed E-state index contributed by atoms with van der Waals surface area (Å²) in [6.07, 6.45) is 2.09. The van der Waals surface area contributed by atoms with Gasteiger partial charge in [-0.2, -0.15) is 0 Å². The average molecular weight is 289 g/mol. The Morgan fingerprint density at radius 2 is 1.75 bits per heavy atom. The fourth-order valence-electron chi connectivity index (χ4n) is 2.05. The normalized spacial score (nSPS) is 12.6. The van der Waals surface area contributed by atoms with Gasteiger partial charge in [0.1, 0.15) is 11.9 Å². The fraction of sp³-hybridized carbons (Fsp3) is 0.0667. The molecule has 100 valence electrons. The van der Waals surface area contributed by atoms with Crippen LogP contribution in [-0.2, 0) is 0 Å². The second kappa shape index (κ2) is 5.15. The zero-order valence-corrected chi connectivity index (χ0v) is 11.0. The molecular formula is C15H10ClFN2O. The fourth-order valence-corrected chi connectivity index (χ4v) is 2.21. The van der Waals surface area contributed by atoms with Crippen molar-refractivity contribution in [1.82, 2.24) is 9.97 Å². The Balaban J connectivity index is 2.05. The molecule has 0 aliphatic rings. The molecule has 0 saturated heterocycles. The van der Waals surface area contributed by atoms with Gasteiger partial charge < -0.3 is 5.11 Å². The van der Waals surface area contributed by atoms with E-state index in [-0.39, 0.29) is 5.56 Å². The second-order valence-corrected chi connectivity index (χ2v) is 4.81. The maximum Gasteiger partial charge on any atom is 0.130 e. The van der Waals surface area contributed by atoms with Crippen LogP contribution in [0.25, 0.3) is 11.0 Å². The summed E-state index contributed by atoms with van der Waals surface area (Å²) in [6.45, 7) is 0. The van der Waals surface area contributed by atoms with Gasteiger partial charge >= 0.3 is 0 Å². The first-order chi connectivity index (χ1) is 9.65. The third kappa shape index (κ3) is 2.35. The molecule has 5 heteroatoms. The van der Waals surface area contributed by atoms with Gasteiger partial charge in [0.15, 0.2) is 0 Å². The highest BCUT2D eigenvalue weighted by molar-refractivity contribution is 6.30. The molecule has 0 bridgehead atoms. The number of aromatic nitrogens is 2. The van der Waals surface area contributed by atoms with Gasteiger partial charge in [0.25, 0.3) is 0 Å². The Bertz CT molecular complexity index is 779. The molecule has 1 unspecified atom stereocenters. The molecule has 1 atom stereocenters. The SMILES string of the molecule is OC(c1ccc2nccnc2c1)c1ccc(Cl)cc1F. The molecule has 0 amide bonds. The minimum Gasteiger partial charge on any atom is -0.384 e. The Labute approximate surface area is 119 Å². The zero-order chi connectivity index (χ0) is 14.1. The van der Waals surface area contributed by atoms with Gasteiger partial charge in [0.2, 0.25) is 0 Å². The van der Waals surface area contributed by atoms with Crippen LogP contribution in [-0.4, -0.2) is 15.1 Å². The molecule has 2 aromatic carbocycles. The summed E-state index contributed by atoms with van der Waals surface area (Å²) in [6, 6.07) is 9.35. The van der Waals surface area contributed by atoms with Crippen molar-refractivity contribution in [3.05, 3.63) is 70.8 Å². The van der Waals surface area contributed by atoms with E-state index in [4.69, 9.17) is 11.6 Å². The highest BCUT2D eigenvalue weighted by atomic mass is 35.5. The minimum absolute atomic E-state index is 0.178. The standard InChI is InChI=1S/C15H10ClFN2O/c16-10-2-3-11(12(17)8-10)15(20)9-1-4-13-14(7-9)19-6-5-18-13/h1-8,15,20H. The lowest BCUT2D eigenvalue weighted by molar-refractivity contribution is 0.215. The lowest BCUT2D eigenvalue weighted by atomic mass is 10.0. The van der Waals surface area contributed by atoms with Crippen molar-refractivity contribution < 1.29 is 9.50 Å². The molecule has 0 spiro atoms. The van der Waals surface area contributed by atoms with Gasteiger partial charge in [0.05, 0.1) is 11.0 Å². The lowest BCUT2D eigenvalue weighted by Crippen LogP contribution is -2.02. The molecule has 0 aliphatic heterocycles. The zero-order valence-electron chi connectivity index (χ0n) is 10.3. The maximum atomic E-state index is 13.8. The van der Waals surface area contributed by atoms with Gasteiger partial charge in [-0.3, -0.25) is 9.97 Å². The molecule has 0 saturated carbocycles. The third-order valence-corrected chi connectivity index (χ3v) is 3.30. The van der Waals surface area contributed by atoms with E-state index in [0.717, 1.165) is 5.52 Å². The van der Waals surface area contributed by atoms with Gasteiger partial charge in [0, 0.05) is 23.0 Å². The maximum absolute atomic E-state index is 13.8. The largest absolute Gasteiger partial charge is 0.384 e. The molecule has 3 rings (SSSR count). The highest BCUT2D eigenvalue weighted by Crippen LogP contribution is 2.27. The first-order valence-corrected chi connectivity index (χ1v) is 6.36. The molecule has 3 aromatic rings. The summed E-state index contributed by atoms with van der Waals surface area (Å²) in [5.41, 5.74) is 2.11. The van der Waals surface area contributed by atoms with Gasteiger partial charge in [-0.25, -0.2) is 4.39 Å². The van der Waals surface area contributed by atoms with Gasteiger partial charge in [-0.1, -0.05) is 23.7 Å². The molecule has 1 aromatic heterocycles. The number of benzene rings is 2. The van der Waals surface area contributed by atoms with Crippen LogP contribution < -0.4 is 0 Å². The Morgan fingerprint density at radius 3 is 2.50 bits per heavy atom. The number of aliphatic hydroxyl groups excluding tert-OH is 1. The van der Waals surface area contributed by atoms with E-state index in [9.17, 15) is 9.50 Å². The molecule has 0 aliphatic carbocycles. The van der Waals surface area contributed by atoms with E-state index in [1.165, 1.54) is 12.1 Å². The van der Waals surface area contributed by atoms with Crippen molar-refractivity contribution in [2.45, 2.75) is 6.10 Å². The third-order valence-electron chi connectivity index (χ3n) is 3.07. The number of halogens is 2. The number of rotatable bonds is 2. The van der Waals surface area contributed by atoms with E-state index in [1.807, 2.05) is 0 Å². The lowest BCUT2D eigenvalue weighted by Gasteiger charge is -2.13. The Morgan fingerprint density at radius 1 is 1.00 bits per heavy atom. The summed E-state index contributed by atoms with van der Waals surface area (Å²) in [7, 11) is 0. The van der Waals surface area contributed by atoms with Crippen LogP contribution in [0, 0.1) is 5.82 Å². The smallest absolute Gasteiger partial charge is 0.130 e. The first-order valence-electron chi connectivity index (χ1n) is 5.99. The predicted molar refractivity (Wildman–Crippen MR) is 75.0 cm³/mol. The first kappa shape index (κ1) is 13.0. The van der Waals surface area contributed by atoms with Crippen LogP contribution >= 0.6 is 11.6 Å². The number of fused-ring (bicyclic) bond motifs is 1. The Kier molecular flexibility index (Phi) is 3.34. The second-order valence-electron chi connectivity index (χ2n) is 4.37. The minimum atomic E-state index is -1.07. The van der Waals surface area contributed by atoms with Crippen LogP contribution in [0.1, 0.15) is 17.2 Å². The summed E-state index contributed by atoms with van der Waals surface area (Å²) < 4.78 is 13.8. The summed E-state index contributed by atoms with van der Waals surface area (Å²) in [4.78, 5) is 8.31. The van der Waals surface area contributed by atoms with Crippen molar-refractivity contribution in [3.8, 4) is 0 Å². The topological polar surface area (TPSA) is 46.0 Å². The molecule has 1 N–H and O–H groups in total. The molecular weight excluding hydrogens is 279 g/mol. The van der Waals surface area contributed by atoms with Crippen molar-refractivity contribution in [1.29, 1.82) is 0 Å². The van der Waals surface area contributed by atoms with Crippen LogP contribution in [0.3, 0.4) is 0 Å². The van der Waals surface area contributed by atoms with E-state index in [0.29, 0.717) is 16.1 Å². The molecule has 1 heterocycles. The van der Waals surface area contributed by atoms with Crippen LogP contribution in [0.2, 0.25) is 5.02 Å². The van der Waals surface area contributed by atoms with E-state index >= 15 is 0 Å². The molecule has 0 fully saturated rings. The van der Waals surface area contributed by atoms with Crippen LogP contribution in [0.5, 0.6) is 0 Å².